The molecule has 3 heterocycles. The molecule has 0 spiro atoms. The lowest BCUT2D eigenvalue weighted by Crippen LogP contribution is -2.38. The Morgan fingerprint density at radius 2 is 2.00 bits per heavy atom. The van der Waals surface area contributed by atoms with Crippen LogP contribution in [0.4, 0.5) is 5.82 Å². The Kier molecular flexibility index (Phi) is 6.22. The Morgan fingerprint density at radius 3 is 2.76 bits per heavy atom. The quantitative estimate of drug-likeness (QED) is 0.863. The molecule has 136 valence electrons. The van der Waals surface area contributed by atoms with Gasteiger partial charge in [-0.2, -0.15) is 0 Å². The zero-order chi connectivity index (χ0) is 17.5. The van der Waals surface area contributed by atoms with Crippen molar-refractivity contribution in [1.29, 1.82) is 0 Å². The van der Waals surface area contributed by atoms with Gasteiger partial charge in [0.25, 0.3) is 5.91 Å². The molecule has 7 nitrogen and oxygen atoms in total. The van der Waals surface area contributed by atoms with Gasteiger partial charge in [0, 0.05) is 45.3 Å². The lowest BCUT2D eigenvalue weighted by atomic mass is 10.2. The third kappa shape index (κ3) is 4.92. The number of aromatic nitrogens is 1. The molecule has 7 heteroatoms. The molecule has 2 amide bonds. The highest BCUT2D eigenvalue weighted by atomic mass is 16.5. The molecule has 1 aromatic rings. The highest BCUT2D eigenvalue weighted by Gasteiger charge is 2.17. The lowest BCUT2D eigenvalue weighted by molar-refractivity contribution is -0.130. The molecular weight excluding hydrogens is 320 g/mol. The van der Waals surface area contributed by atoms with Crippen molar-refractivity contribution in [3.8, 4) is 0 Å². The summed E-state index contributed by atoms with van der Waals surface area (Å²) in [6.45, 7) is 4.90. The lowest BCUT2D eigenvalue weighted by Gasteiger charge is -2.27. The first kappa shape index (κ1) is 17.7. The van der Waals surface area contributed by atoms with Gasteiger partial charge < -0.3 is 19.9 Å². The maximum atomic E-state index is 12.2. The van der Waals surface area contributed by atoms with Crippen LogP contribution in [0.3, 0.4) is 0 Å². The number of anilines is 1. The van der Waals surface area contributed by atoms with Gasteiger partial charge in [0.2, 0.25) is 5.91 Å². The molecule has 0 saturated carbocycles. The molecule has 3 rings (SSSR count). The number of hydrogen-bond donors (Lipinski definition) is 1. The van der Waals surface area contributed by atoms with E-state index in [0.717, 1.165) is 44.7 Å². The summed E-state index contributed by atoms with van der Waals surface area (Å²) in [6.07, 6.45) is 5.36. The molecular formula is C18H26N4O3. The Hall–Kier alpha value is -2.15. The molecule has 2 aliphatic heterocycles. The van der Waals surface area contributed by atoms with Gasteiger partial charge in [0.15, 0.2) is 0 Å². The van der Waals surface area contributed by atoms with Gasteiger partial charge in [0.05, 0.1) is 18.8 Å². The molecule has 0 unspecified atom stereocenters. The molecule has 0 bridgehead atoms. The Labute approximate surface area is 148 Å². The minimum Gasteiger partial charge on any atom is -0.378 e. The summed E-state index contributed by atoms with van der Waals surface area (Å²) in [6, 6.07) is 3.67. The van der Waals surface area contributed by atoms with E-state index in [1.165, 1.54) is 0 Å². The predicted molar refractivity (Wildman–Crippen MR) is 94.7 cm³/mol. The van der Waals surface area contributed by atoms with Gasteiger partial charge in [-0.05, 0) is 25.0 Å². The summed E-state index contributed by atoms with van der Waals surface area (Å²) in [7, 11) is 0. The number of pyridine rings is 1. The van der Waals surface area contributed by atoms with E-state index in [1.54, 1.807) is 12.3 Å². The van der Waals surface area contributed by atoms with Crippen LogP contribution >= 0.6 is 0 Å². The van der Waals surface area contributed by atoms with Crippen molar-refractivity contribution in [2.24, 2.45) is 0 Å². The average molecular weight is 346 g/mol. The van der Waals surface area contributed by atoms with E-state index >= 15 is 0 Å². The first-order valence-electron chi connectivity index (χ1n) is 9.09. The van der Waals surface area contributed by atoms with Crippen molar-refractivity contribution in [2.45, 2.75) is 25.7 Å². The number of ether oxygens (including phenoxy) is 1. The van der Waals surface area contributed by atoms with Crippen molar-refractivity contribution in [3.63, 3.8) is 0 Å². The van der Waals surface area contributed by atoms with Gasteiger partial charge >= 0.3 is 0 Å². The van der Waals surface area contributed by atoms with Crippen molar-refractivity contribution in [3.05, 3.63) is 23.9 Å². The van der Waals surface area contributed by atoms with Crippen LogP contribution in [0.25, 0.3) is 0 Å². The molecule has 0 radical (unpaired) electrons. The zero-order valence-corrected chi connectivity index (χ0v) is 14.6. The number of likely N-dealkylation sites (tertiary alicyclic amines) is 1. The number of nitrogens with zero attached hydrogens (tertiary/aromatic N) is 3. The monoisotopic (exact) mass is 346 g/mol. The highest BCUT2D eigenvalue weighted by molar-refractivity contribution is 5.94. The van der Waals surface area contributed by atoms with Gasteiger partial charge in [-0.25, -0.2) is 4.98 Å². The molecule has 0 aromatic carbocycles. The average Bonchev–Trinajstić information content (AvgIpc) is 2.87. The fraction of sp³-hybridized carbons (Fsp3) is 0.611. The molecule has 2 fully saturated rings. The summed E-state index contributed by atoms with van der Waals surface area (Å²) in [5.74, 6) is 0.918. The van der Waals surface area contributed by atoms with E-state index in [-0.39, 0.29) is 11.8 Å². The zero-order valence-electron chi connectivity index (χ0n) is 14.6. The van der Waals surface area contributed by atoms with Crippen LogP contribution in [0.15, 0.2) is 18.3 Å². The fourth-order valence-electron chi connectivity index (χ4n) is 3.18. The third-order valence-electron chi connectivity index (χ3n) is 4.68. The normalized spacial score (nSPS) is 18.8. The van der Waals surface area contributed by atoms with E-state index in [0.29, 0.717) is 38.3 Å². The number of amides is 2. The molecule has 2 saturated heterocycles. The summed E-state index contributed by atoms with van der Waals surface area (Å²) in [5, 5.41) is 2.88. The maximum Gasteiger partial charge on any atom is 0.252 e. The predicted octanol–water partition coefficient (Wildman–Crippen LogP) is 1.05. The highest BCUT2D eigenvalue weighted by Crippen LogP contribution is 2.13. The van der Waals surface area contributed by atoms with Crippen molar-refractivity contribution in [2.75, 3.05) is 50.8 Å². The van der Waals surface area contributed by atoms with Crippen LogP contribution in [-0.2, 0) is 9.53 Å². The smallest absolute Gasteiger partial charge is 0.252 e. The number of rotatable bonds is 5. The van der Waals surface area contributed by atoms with Crippen molar-refractivity contribution < 1.29 is 14.3 Å². The van der Waals surface area contributed by atoms with Crippen LogP contribution in [0.2, 0.25) is 0 Å². The first-order chi connectivity index (χ1) is 12.2. The first-order valence-corrected chi connectivity index (χ1v) is 9.09. The number of nitrogens with one attached hydrogen (secondary N) is 1. The summed E-state index contributed by atoms with van der Waals surface area (Å²) in [4.78, 5) is 32.6. The Bertz CT molecular complexity index is 584. The topological polar surface area (TPSA) is 74.8 Å². The number of carbonyl (C=O) groups excluding carboxylic acids is 2. The third-order valence-corrected chi connectivity index (χ3v) is 4.68. The van der Waals surface area contributed by atoms with E-state index in [9.17, 15) is 9.59 Å². The minimum atomic E-state index is -0.150. The van der Waals surface area contributed by atoms with Gasteiger partial charge in [-0.1, -0.05) is 6.42 Å². The number of carbonyl (C=O) groups is 2. The second kappa shape index (κ2) is 8.80. The molecule has 0 atom stereocenters. The van der Waals surface area contributed by atoms with E-state index in [4.69, 9.17) is 4.74 Å². The molecule has 1 aromatic heterocycles. The van der Waals surface area contributed by atoms with Crippen LogP contribution < -0.4 is 10.2 Å². The van der Waals surface area contributed by atoms with Crippen molar-refractivity contribution in [1.82, 2.24) is 15.2 Å². The molecule has 25 heavy (non-hydrogen) atoms. The van der Waals surface area contributed by atoms with E-state index in [2.05, 4.69) is 15.2 Å². The second-order valence-electron chi connectivity index (χ2n) is 6.45. The number of morpholine rings is 1. The van der Waals surface area contributed by atoms with Crippen LogP contribution in [0.1, 0.15) is 36.0 Å². The Balaban J connectivity index is 1.46. The van der Waals surface area contributed by atoms with E-state index in [1.807, 2.05) is 11.0 Å². The van der Waals surface area contributed by atoms with Gasteiger partial charge in [-0.15, -0.1) is 0 Å². The number of hydrogen-bond acceptors (Lipinski definition) is 5. The maximum absolute atomic E-state index is 12.2. The van der Waals surface area contributed by atoms with Crippen LogP contribution in [0.5, 0.6) is 0 Å². The van der Waals surface area contributed by atoms with Crippen molar-refractivity contribution >= 4 is 17.6 Å². The van der Waals surface area contributed by atoms with Gasteiger partial charge in [0.1, 0.15) is 5.82 Å². The van der Waals surface area contributed by atoms with Crippen LogP contribution in [0, 0.1) is 0 Å². The van der Waals surface area contributed by atoms with E-state index < -0.39 is 0 Å². The molecule has 1 N–H and O–H groups in total. The standard InChI is InChI=1S/C18H26N4O3/c23-17-4-2-1-3-8-22(17)9-7-19-18(24)15-5-6-16(20-14-15)21-10-12-25-13-11-21/h5-6,14H,1-4,7-13H2,(H,19,24). The summed E-state index contributed by atoms with van der Waals surface area (Å²) < 4.78 is 5.33. The fourth-order valence-corrected chi connectivity index (χ4v) is 3.18. The Morgan fingerprint density at radius 1 is 1.16 bits per heavy atom. The van der Waals surface area contributed by atoms with Crippen LogP contribution in [-0.4, -0.2) is 67.6 Å². The summed E-state index contributed by atoms with van der Waals surface area (Å²) >= 11 is 0. The minimum absolute atomic E-state index is 0.150. The summed E-state index contributed by atoms with van der Waals surface area (Å²) in [5.41, 5.74) is 0.541. The largest absolute Gasteiger partial charge is 0.378 e. The molecule has 0 aliphatic carbocycles. The SMILES string of the molecule is O=C(NCCN1CCCCCC1=O)c1ccc(N2CCOCC2)nc1. The second-order valence-corrected chi connectivity index (χ2v) is 6.45. The molecule has 2 aliphatic rings. The van der Waals surface area contributed by atoms with Gasteiger partial charge in [-0.3, -0.25) is 9.59 Å².